The third kappa shape index (κ3) is 3.56. The number of rotatable bonds is 5. The molecule has 3 aliphatic carbocycles. The van der Waals surface area contributed by atoms with Gasteiger partial charge in [-0.25, -0.2) is 0 Å². The first-order valence-electron chi connectivity index (χ1n) is 12.1. The van der Waals surface area contributed by atoms with Crippen molar-refractivity contribution in [1.29, 1.82) is 0 Å². The van der Waals surface area contributed by atoms with Crippen LogP contribution in [0.25, 0.3) is 0 Å². The van der Waals surface area contributed by atoms with Gasteiger partial charge in [-0.3, -0.25) is 4.79 Å². The molecule has 0 aliphatic heterocycles. The highest BCUT2D eigenvalue weighted by molar-refractivity contribution is 5.87. The fourth-order valence-electron chi connectivity index (χ4n) is 7.16. The summed E-state index contributed by atoms with van der Waals surface area (Å²) in [5, 5.41) is 9.93. The highest BCUT2D eigenvalue weighted by Gasteiger charge is 2.58. The number of hydrogen-bond acceptors (Lipinski definition) is 3. The largest absolute Gasteiger partial charge is 0.508 e. The van der Waals surface area contributed by atoms with E-state index in [9.17, 15) is 9.90 Å². The molecule has 0 aromatic heterocycles. The number of Topliss-reactive ketones (excluding diaryl/α,β-unsaturated/α-hetero) is 1. The highest BCUT2D eigenvalue weighted by Crippen LogP contribution is 2.62. The van der Waals surface area contributed by atoms with Crippen LogP contribution in [0.5, 0.6) is 11.5 Å². The summed E-state index contributed by atoms with van der Waals surface area (Å²) in [5.74, 6) is 3.91. The number of hydrogen-bond donors (Lipinski definition) is 1. The zero-order valence-electron chi connectivity index (χ0n) is 18.8. The molecule has 0 saturated heterocycles. The molecule has 3 heteroatoms. The van der Waals surface area contributed by atoms with Gasteiger partial charge in [-0.05, 0) is 110 Å². The number of aromatic hydroxyl groups is 1. The molecule has 0 heterocycles. The second-order valence-electron chi connectivity index (χ2n) is 10.2. The van der Waals surface area contributed by atoms with Crippen LogP contribution in [0.1, 0.15) is 68.6 Å². The molecule has 3 aliphatic rings. The predicted molar refractivity (Wildman–Crippen MR) is 123 cm³/mol. The van der Waals surface area contributed by atoms with E-state index in [2.05, 4.69) is 37.3 Å². The Morgan fingerprint density at radius 1 is 1.13 bits per heavy atom. The fraction of sp³-hybridized carbons (Fsp3) is 0.536. The first-order valence-corrected chi connectivity index (χ1v) is 12.1. The highest BCUT2D eigenvalue weighted by atomic mass is 16.5. The second-order valence-corrected chi connectivity index (χ2v) is 10.2. The molecule has 0 spiro atoms. The van der Waals surface area contributed by atoms with Crippen LogP contribution in [-0.2, 0) is 17.6 Å². The topological polar surface area (TPSA) is 46.5 Å². The molecule has 5 rings (SSSR count). The Morgan fingerprint density at radius 2 is 1.94 bits per heavy atom. The van der Waals surface area contributed by atoms with Crippen LogP contribution >= 0.6 is 0 Å². The Hall–Kier alpha value is -2.29. The zero-order chi connectivity index (χ0) is 21.6. The zero-order valence-corrected chi connectivity index (χ0v) is 18.8. The van der Waals surface area contributed by atoms with Crippen molar-refractivity contribution < 1.29 is 14.6 Å². The van der Waals surface area contributed by atoms with Gasteiger partial charge in [0.25, 0.3) is 0 Å². The molecular weight excluding hydrogens is 384 g/mol. The molecule has 5 atom stereocenters. The molecule has 2 fully saturated rings. The Kier molecular flexibility index (Phi) is 5.32. The number of phenols is 1. The van der Waals surface area contributed by atoms with Gasteiger partial charge < -0.3 is 9.84 Å². The van der Waals surface area contributed by atoms with Crippen molar-refractivity contribution in [3.8, 4) is 11.5 Å². The maximum Gasteiger partial charge on any atom is 0.139 e. The number of aryl methyl sites for hydroxylation is 2. The Morgan fingerprint density at radius 3 is 2.71 bits per heavy atom. The summed E-state index contributed by atoms with van der Waals surface area (Å²) < 4.78 is 5.57. The summed E-state index contributed by atoms with van der Waals surface area (Å²) in [4.78, 5) is 13.2. The quantitative estimate of drug-likeness (QED) is 0.640. The minimum absolute atomic E-state index is 0.140. The van der Waals surface area contributed by atoms with Gasteiger partial charge in [-0.2, -0.15) is 0 Å². The van der Waals surface area contributed by atoms with Gasteiger partial charge in [0.2, 0.25) is 0 Å². The predicted octanol–water partition coefficient (Wildman–Crippen LogP) is 6.08. The lowest BCUT2D eigenvalue weighted by atomic mass is 9.54. The van der Waals surface area contributed by atoms with Crippen molar-refractivity contribution in [2.75, 3.05) is 6.61 Å². The summed E-state index contributed by atoms with van der Waals surface area (Å²) in [7, 11) is 0. The van der Waals surface area contributed by atoms with E-state index in [0.29, 0.717) is 41.8 Å². The van der Waals surface area contributed by atoms with E-state index >= 15 is 0 Å². The third-order valence-electron chi connectivity index (χ3n) is 8.59. The lowest BCUT2D eigenvalue weighted by molar-refractivity contribution is -0.129. The molecule has 2 aromatic rings. The van der Waals surface area contributed by atoms with Crippen LogP contribution in [-0.4, -0.2) is 17.5 Å². The van der Waals surface area contributed by atoms with Crippen molar-refractivity contribution in [2.24, 2.45) is 23.2 Å². The minimum atomic E-state index is -0.140. The van der Waals surface area contributed by atoms with Crippen LogP contribution in [0.3, 0.4) is 0 Å². The summed E-state index contributed by atoms with van der Waals surface area (Å²) >= 11 is 0. The number of ketones is 1. The molecule has 31 heavy (non-hydrogen) atoms. The van der Waals surface area contributed by atoms with E-state index in [4.69, 9.17) is 4.74 Å². The number of carbonyl (C=O) groups excluding carboxylic acids is 1. The van der Waals surface area contributed by atoms with Gasteiger partial charge >= 0.3 is 0 Å². The van der Waals surface area contributed by atoms with Crippen LogP contribution in [0.2, 0.25) is 0 Å². The van der Waals surface area contributed by atoms with E-state index in [1.165, 1.54) is 16.7 Å². The monoisotopic (exact) mass is 418 g/mol. The first kappa shape index (κ1) is 20.6. The van der Waals surface area contributed by atoms with Crippen molar-refractivity contribution in [3.05, 3.63) is 59.2 Å². The average molecular weight is 419 g/mol. The fourth-order valence-corrected chi connectivity index (χ4v) is 7.16. The maximum atomic E-state index is 13.2. The van der Waals surface area contributed by atoms with E-state index in [-0.39, 0.29) is 5.41 Å². The molecule has 0 unspecified atom stereocenters. The molecule has 0 radical (unpaired) electrons. The van der Waals surface area contributed by atoms with E-state index in [1.807, 2.05) is 19.1 Å². The van der Waals surface area contributed by atoms with Gasteiger partial charge in [0.1, 0.15) is 17.3 Å². The second kappa shape index (κ2) is 8.00. The van der Waals surface area contributed by atoms with Crippen molar-refractivity contribution in [1.82, 2.24) is 0 Å². The minimum Gasteiger partial charge on any atom is -0.508 e. The average Bonchev–Trinajstić information content (AvgIpc) is 3.03. The summed E-state index contributed by atoms with van der Waals surface area (Å²) in [6.07, 6.45) is 7.16. The molecule has 3 nitrogen and oxygen atoms in total. The summed E-state index contributed by atoms with van der Waals surface area (Å²) in [6.45, 7) is 4.96. The molecule has 164 valence electrons. The Labute approximate surface area is 185 Å². The van der Waals surface area contributed by atoms with Crippen LogP contribution in [0, 0.1) is 23.2 Å². The summed E-state index contributed by atoms with van der Waals surface area (Å²) in [6, 6.07) is 14.4. The maximum absolute atomic E-state index is 13.2. The lowest BCUT2D eigenvalue weighted by Gasteiger charge is -2.50. The van der Waals surface area contributed by atoms with Gasteiger partial charge in [0.05, 0.1) is 6.61 Å². The van der Waals surface area contributed by atoms with Gasteiger partial charge in [-0.1, -0.05) is 25.1 Å². The van der Waals surface area contributed by atoms with Crippen molar-refractivity contribution >= 4 is 5.78 Å². The smallest absolute Gasteiger partial charge is 0.139 e. The van der Waals surface area contributed by atoms with Crippen molar-refractivity contribution in [2.45, 2.75) is 64.7 Å². The number of ether oxygens (including phenoxy) is 1. The molecule has 0 amide bonds. The first-order chi connectivity index (χ1) is 15.0. The van der Waals surface area contributed by atoms with E-state index in [1.54, 1.807) is 0 Å². The summed E-state index contributed by atoms with van der Waals surface area (Å²) in [5.41, 5.74) is 3.95. The molecule has 2 aromatic carbocycles. The van der Waals surface area contributed by atoms with Gasteiger partial charge in [0.15, 0.2) is 0 Å². The molecule has 0 bridgehead atoms. The van der Waals surface area contributed by atoms with Crippen LogP contribution in [0.15, 0.2) is 42.5 Å². The van der Waals surface area contributed by atoms with Gasteiger partial charge in [-0.15, -0.1) is 0 Å². The van der Waals surface area contributed by atoms with E-state index < -0.39 is 0 Å². The number of fused-ring (bicyclic) bond motifs is 5. The molecule has 2 saturated carbocycles. The van der Waals surface area contributed by atoms with Gasteiger partial charge in [0, 0.05) is 11.8 Å². The number of benzene rings is 2. The standard InChI is InChI=1S/C28H34O3/c1-3-31-22-10-5-18(6-11-22)4-7-20-17-26(30)28(2)15-14-24-23-13-9-21(29)16-19(23)8-12-25(24)27(20)28/h5-6,9-11,13,16,20,24-25,27,29H,3-4,7-8,12,14-15,17H2,1-2H3/t20-,24-,25-,27+,28-/m1/s1. The third-order valence-corrected chi connectivity index (χ3v) is 8.59. The Balaban J connectivity index is 1.36. The van der Waals surface area contributed by atoms with E-state index in [0.717, 1.165) is 50.7 Å². The lowest BCUT2D eigenvalue weighted by Crippen LogP contribution is -2.44. The molecular formula is C28H34O3. The Bertz CT molecular complexity index is 963. The van der Waals surface area contributed by atoms with Crippen LogP contribution in [0.4, 0.5) is 0 Å². The number of carbonyl (C=O) groups is 1. The SMILES string of the molecule is CCOc1ccc(CC[C@@H]2CC(=O)[C@@]3(C)CC[C@@H]4c5ccc(O)cc5CC[C@H]4[C@H]23)cc1. The van der Waals surface area contributed by atoms with Crippen molar-refractivity contribution in [3.63, 3.8) is 0 Å². The normalized spacial score (nSPS) is 31.6. The number of phenolic OH excluding ortho intramolecular Hbond substituents is 1. The van der Waals surface area contributed by atoms with Crippen LogP contribution < -0.4 is 4.74 Å². The molecule has 1 N–H and O–H groups in total.